The average molecular weight is 368 g/mol. The van der Waals surface area contributed by atoms with Crippen LogP contribution in [0.25, 0.3) is 22.2 Å². The molecule has 0 bridgehead atoms. The largest absolute Gasteiger partial charge is 0.616 e. The summed E-state index contributed by atoms with van der Waals surface area (Å²) in [5, 5.41) is 3.98. The Labute approximate surface area is 154 Å². The predicted octanol–water partition coefficient (Wildman–Crippen LogP) is 3.78. The minimum absolute atomic E-state index is 0.0402. The second kappa shape index (κ2) is 6.37. The number of amides is 1. The van der Waals surface area contributed by atoms with Crippen LogP contribution >= 0.6 is 0 Å². The van der Waals surface area contributed by atoms with Crippen molar-refractivity contribution in [3.8, 4) is 17.0 Å². The third-order valence-electron chi connectivity index (χ3n) is 4.83. The van der Waals surface area contributed by atoms with E-state index in [1.807, 2.05) is 31.2 Å². The maximum absolute atomic E-state index is 11.9. The number of ether oxygens (including phenoxy) is 1. The number of carbonyl (C=O) groups is 1. The first kappa shape index (κ1) is 17.0. The normalized spacial score (nSPS) is 17.2. The third-order valence-corrected chi connectivity index (χ3v) is 5.57. The lowest BCUT2D eigenvalue weighted by atomic mass is 10.0. The van der Waals surface area contributed by atoms with Crippen LogP contribution in [0.1, 0.15) is 24.0 Å². The van der Waals surface area contributed by atoms with Crippen molar-refractivity contribution in [3.63, 3.8) is 0 Å². The van der Waals surface area contributed by atoms with Crippen molar-refractivity contribution in [2.45, 2.75) is 18.6 Å². The molecule has 4 rings (SSSR count). The molecule has 2 N–H and O–H groups in total. The van der Waals surface area contributed by atoms with Crippen LogP contribution < -0.4 is 10.1 Å². The van der Waals surface area contributed by atoms with Gasteiger partial charge in [0.25, 0.3) is 0 Å². The molecule has 0 fully saturated rings. The highest BCUT2D eigenvalue weighted by atomic mass is 32.2. The van der Waals surface area contributed by atoms with Gasteiger partial charge >= 0.3 is 0 Å². The van der Waals surface area contributed by atoms with Crippen molar-refractivity contribution in [2.24, 2.45) is 0 Å². The highest BCUT2D eigenvalue weighted by Gasteiger charge is 2.27. The molecule has 2 aromatic carbocycles. The number of aromatic amines is 1. The van der Waals surface area contributed by atoms with Gasteiger partial charge in [0.15, 0.2) is 0 Å². The molecule has 134 valence electrons. The Morgan fingerprint density at radius 1 is 1.23 bits per heavy atom. The molecule has 1 aliphatic rings. The molecule has 1 aromatic heterocycles. The zero-order valence-electron chi connectivity index (χ0n) is 14.9. The molecule has 1 aliphatic heterocycles. The SMILES string of the molecule is COc1cc(C[S+](C)[O-])ccc1-c1cc2cc3c(cc2[nH]1)NC(=O)C3C. The van der Waals surface area contributed by atoms with E-state index in [9.17, 15) is 9.35 Å². The molecule has 5 nitrogen and oxygen atoms in total. The van der Waals surface area contributed by atoms with Gasteiger partial charge in [0.1, 0.15) is 11.5 Å². The zero-order chi connectivity index (χ0) is 18.4. The Morgan fingerprint density at radius 2 is 2.04 bits per heavy atom. The lowest BCUT2D eigenvalue weighted by Crippen LogP contribution is -2.08. The van der Waals surface area contributed by atoms with Gasteiger partial charge in [-0.2, -0.15) is 0 Å². The first-order chi connectivity index (χ1) is 12.5. The van der Waals surface area contributed by atoms with Gasteiger partial charge < -0.3 is 19.6 Å². The number of nitrogens with one attached hydrogen (secondary N) is 2. The number of rotatable bonds is 4. The number of anilines is 1. The first-order valence-corrected chi connectivity index (χ1v) is 10.1. The van der Waals surface area contributed by atoms with E-state index in [4.69, 9.17) is 4.74 Å². The molecule has 0 saturated heterocycles. The number of carbonyl (C=O) groups excluding carboxylic acids is 1. The fraction of sp³-hybridized carbons (Fsp3) is 0.250. The number of hydrogen-bond donors (Lipinski definition) is 2. The Balaban J connectivity index is 1.77. The van der Waals surface area contributed by atoms with E-state index in [1.165, 1.54) is 0 Å². The number of methoxy groups -OCH3 is 1. The number of aromatic nitrogens is 1. The van der Waals surface area contributed by atoms with Gasteiger partial charge in [0.05, 0.1) is 25.0 Å². The molecule has 2 atom stereocenters. The Bertz CT molecular complexity index is 1010. The van der Waals surface area contributed by atoms with Crippen LogP contribution in [0.5, 0.6) is 5.75 Å². The van der Waals surface area contributed by atoms with Gasteiger partial charge in [-0.15, -0.1) is 0 Å². The van der Waals surface area contributed by atoms with Crippen molar-refractivity contribution in [1.82, 2.24) is 4.98 Å². The second-order valence-electron chi connectivity index (χ2n) is 6.67. The smallest absolute Gasteiger partial charge is 0.231 e. The quantitative estimate of drug-likeness (QED) is 0.688. The van der Waals surface area contributed by atoms with Crippen LogP contribution in [0.4, 0.5) is 5.69 Å². The predicted molar refractivity (Wildman–Crippen MR) is 105 cm³/mol. The van der Waals surface area contributed by atoms with Crippen LogP contribution in [0, 0.1) is 0 Å². The van der Waals surface area contributed by atoms with Crippen molar-refractivity contribution < 1.29 is 14.1 Å². The van der Waals surface area contributed by atoms with E-state index >= 15 is 0 Å². The van der Waals surface area contributed by atoms with Crippen molar-refractivity contribution in [1.29, 1.82) is 0 Å². The lowest BCUT2D eigenvalue weighted by Gasteiger charge is -2.10. The minimum atomic E-state index is -0.895. The maximum atomic E-state index is 11.9. The summed E-state index contributed by atoms with van der Waals surface area (Å²) in [6.45, 7) is 1.92. The monoisotopic (exact) mass is 368 g/mol. The standard InChI is InChI=1S/C20H20N2O3S/c1-11-15-7-13-8-17(21-16(13)9-18(15)22-20(11)23)14-5-4-12(10-26(3)24)6-19(14)25-2/h4-9,11,21H,10H2,1-3H3,(H,22,23). The van der Waals surface area contributed by atoms with Gasteiger partial charge in [-0.25, -0.2) is 0 Å². The number of hydrogen-bond acceptors (Lipinski definition) is 3. The van der Waals surface area contributed by atoms with Gasteiger partial charge in [0, 0.05) is 27.7 Å². The minimum Gasteiger partial charge on any atom is -0.616 e. The van der Waals surface area contributed by atoms with E-state index in [0.29, 0.717) is 5.75 Å². The van der Waals surface area contributed by atoms with E-state index in [-0.39, 0.29) is 11.8 Å². The fourth-order valence-electron chi connectivity index (χ4n) is 3.47. The molecule has 0 spiro atoms. The van der Waals surface area contributed by atoms with Crippen LogP contribution in [0.3, 0.4) is 0 Å². The number of fused-ring (bicyclic) bond motifs is 2. The highest BCUT2D eigenvalue weighted by Crippen LogP contribution is 2.38. The molecule has 0 saturated carbocycles. The van der Waals surface area contributed by atoms with Gasteiger partial charge in [-0.1, -0.05) is 17.2 Å². The first-order valence-electron chi connectivity index (χ1n) is 8.41. The summed E-state index contributed by atoms with van der Waals surface area (Å²) in [6.07, 6.45) is 1.69. The molecule has 26 heavy (non-hydrogen) atoms. The number of H-pyrrole nitrogens is 1. The van der Waals surface area contributed by atoms with E-state index in [0.717, 1.165) is 44.7 Å². The fourth-order valence-corrected chi connectivity index (χ4v) is 4.12. The van der Waals surface area contributed by atoms with Crippen molar-refractivity contribution in [3.05, 3.63) is 47.5 Å². The van der Waals surface area contributed by atoms with E-state index < -0.39 is 11.2 Å². The zero-order valence-corrected chi connectivity index (χ0v) is 15.7. The number of benzene rings is 2. The van der Waals surface area contributed by atoms with Gasteiger partial charge in [-0.3, -0.25) is 4.79 Å². The summed E-state index contributed by atoms with van der Waals surface area (Å²) in [4.78, 5) is 15.3. The van der Waals surface area contributed by atoms with Gasteiger partial charge in [0.2, 0.25) is 5.91 Å². The topological polar surface area (TPSA) is 77.2 Å². The van der Waals surface area contributed by atoms with Crippen LogP contribution in [0.15, 0.2) is 36.4 Å². The third kappa shape index (κ3) is 2.85. The molecule has 1 amide bonds. The van der Waals surface area contributed by atoms with Crippen molar-refractivity contribution >= 4 is 33.7 Å². The molecule has 0 aliphatic carbocycles. The Kier molecular flexibility index (Phi) is 4.17. The molecule has 6 heteroatoms. The summed E-state index contributed by atoms with van der Waals surface area (Å²) in [7, 11) is 1.64. The Hall–Kier alpha value is -2.44. The van der Waals surface area contributed by atoms with Crippen molar-refractivity contribution in [2.75, 3.05) is 18.7 Å². The molecular formula is C20H20N2O3S. The van der Waals surface area contributed by atoms with Gasteiger partial charge in [-0.05, 0) is 42.8 Å². The molecular weight excluding hydrogens is 348 g/mol. The highest BCUT2D eigenvalue weighted by molar-refractivity contribution is 7.89. The summed E-state index contributed by atoms with van der Waals surface area (Å²) in [6, 6.07) is 12.0. The second-order valence-corrected chi connectivity index (χ2v) is 8.11. The van der Waals surface area contributed by atoms with E-state index in [2.05, 4.69) is 22.4 Å². The summed E-state index contributed by atoms with van der Waals surface area (Å²) >= 11 is -0.895. The molecule has 0 radical (unpaired) electrons. The van der Waals surface area contributed by atoms with Crippen LogP contribution in [-0.4, -0.2) is 28.8 Å². The Morgan fingerprint density at radius 3 is 2.77 bits per heavy atom. The maximum Gasteiger partial charge on any atom is 0.231 e. The summed E-state index contributed by atoms with van der Waals surface area (Å²) in [5.41, 5.74) is 5.75. The molecule has 3 aromatic rings. The average Bonchev–Trinajstić information content (AvgIpc) is 3.13. The lowest BCUT2D eigenvalue weighted by molar-refractivity contribution is -0.116. The van der Waals surface area contributed by atoms with Crippen LogP contribution in [0.2, 0.25) is 0 Å². The van der Waals surface area contributed by atoms with E-state index in [1.54, 1.807) is 13.4 Å². The summed E-state index contributed by atoms with van der Waals surface area (Å²) < 4.78 is 17.0. The molecule has 2 unspecified atom stereocenters. The van der Waals surface area contributed by atoms with Crippen LogP contribution in [-0.2, 0) is 21.7 Å². The molecule has 2 heterocycles. The summed E-state index contributed by atoms with van der Waals surface area (Å²) in [5.74, 6) is 1.16.